The van der Waals surface area contributed by atoms with Gasteiger partial charge in [-0.3, -0.25) is 0 Å². The minimum absolute atomic E-state index is 0.320. The van der Waals surface area contributed by atoms with E-state index in [-0.39, 0.29) is 0 Å². The Bertz CT molecular complexity index is 579. The normalized spacial score (nSPS) is 10.3. The van der Waals surface area contributed by atoms with Crippen LogP contribution >= 0.6 is 0 Å². The molecule has 3 nitrogen and oxygen atoms in total. The van der Waals surface area contributed by atoms with Crippen molar-refractivity contribution in [2.24, 2.45) is 0 Å². The van der Waals surface area contributed by atoms with Crippen LogP contribution in [0, 0.1) is 6.92 Å². The number of carboxylic acids is 1. The van der Waals surface area contributed by atoms with Gasteiger partial charge in [0, 0.05) is 24.5 Å². The molecule has 0 aliphatic heterocycles. The molecule has 0 unspecified atom stereocenters. The molecule has 92 valence electrons. The summed E-state index contributed by atoms with van der Waals surface area (Å²) in [5, 5.41) is 9.22. The van der Waals surface area contributed by atoms with Crippen molar-refractivity contribution in [1.29, 1.82) is 0 Å². The average molecular weight is 241 g/mol. The Morgan fingerprint density at radius 3 is 2.56 bits per heavy atom. The lowest BCUT2D eigenvalue weighted by Gasteiger charge is -2.01. The third kappa shape index (κ3) is 2.35. The molecular weight excluding hydrogens is 226 g/mol. The van der Waals surface area contributed by atoms with Crippen LogP contribution < -0.4 is 0 Å². The number of hydrogen-bond acceptors (Lipinski definition) is 1. The molecule has 0 radical (unpaired) electrons. The molecule has 0 spiro atoms. The zero-order valence-electron chi connectivity index (χ0n) is 10.3. The van der Waals surface area contributed by atoms with E-state index in [1.807, 2.05) is 42.0 Å². The van der Waals surface area contributed by atoms with Crippen LogP contribution in [0.5, 0.6) is 0 Å². The zero-order valence-corrected chi connectivity index (χ0v) is 10.3. The van der Waals surface area contributed by atoms with Crippen molar-refractivity contribution in [2.45, 2.75) is 13.5 Å². The fraction of sp³-hybridized carbons (Fsp3) is 0.133. The molecule has 0 amide bonds. The summed E-state index contributed by atoms with van der Waals surface area (Å²) in [4.78, 5) is 11.2. The van der Waals surface area contributed by atoms with Gasteiger partial charge in [0.05, 0.1) is 5.56 Å². The van der Waals surface area contributed by atoms with Crippen molar-refractivity contribution in [3.63, 3.8) is 0 Å². The predicted octanol–water partition coefficient (Wildman–Crippen LogP) is 3.35. The SMILES string of the molecule is C=CCn1cc(C(=O)O)c(-c2ccc(C)cc2)c1. The van der Waals surface area contributed by atoms with Crippen LogP contribution in [0.2, 0.25) is 0 Å². The molecule has 18 heavy (non-hydrogen) atoms. The molecule has 2 rings (SSSR count). The van der Waals surface area contributed by atoms with Gasteiger partial charge in [0.2, 0.25) is 0 Å². The van der Waals surface area contributed by atoms with Gasteiger partial charge in [-0.2, -0.15) is 0 Å². The van der Waals surface area contributed by atoms with E-state index in [1.54, 1.807) is 12.3 Å². The fourth-order valence-corrected chi connectivity index (χ4v) is 1.90. The minimum Gasteiger partial charge on any atom is -0.478 e. The van der Waals surface area contributed by atoms with Crippen molar-refractivity contribution in [1.82, 2.24) is 4.57 Å². The molecule has 2 aromatic rings. The van der Waals surface area contributed by atoms with Gasteiger partial charge in [-0.1, -0.05) is 35.9 Å². The van der Waals surface area contributed by atoms with E-state index in [0.29, 0.717) is 12.1 Å². The van der Waals surface area contributed by atoms with Crippen LogP contribution in [-0.2, 0) is 6.54 Å². The number of aryl methyl sites for hydroxylation is 1. The lowest BCUT2D eigenvalue weighted by Crippen LogP contribution is -1.96. The highest BCUT2D eigenvalue weighted by Gasteiger charge is 2.14. The zero-order chi connectivity index (χ0) is 13.1. The summed E-state index contributed by atoms with van der Waals surface area (Å²) in [5.74, 6) is -0.909. The van der Waals surface area contributed by atoms with Crippen LogP contribution in [0.15, 0.2) is 49.3 Å². The van der Waals surface area contributed by atoms with E-state index in [4.69, 9.17) is 0 Å². The smallest absolute Gasteiger partial charge is 0.337 e. The molecule has 0 aliphatic carbocycles. The number of nitrogens with zero attached hydrogens (tertiary/aromatic N) is 1. The Morgan fingerprint density at radius 1 is 1.33 bits per heavy atom. The first-order chi connectivity index (χ1) is 8.61. The third-order valence-electron chi connectivity index (χ3n) is 2.81. The molecular formula is C15H15NO2. The van der Waals surface area contributed by atoms with Crippen LogP contribution in [0.25, 0.3) is 11.1 Å². The van der Waals surface area contributed by atoms with Crippen LogP contribution in [0.3, 0.4) is 0 Å². The molecule has 0 aliphatic rings. The predicted molar refractivity (Wildman–Crippen MR) is 71.8 cm³/mol. The van der Waals surface area contributed by atoms with Crippen LogP contribution in [0.4, 0.5) is 0 Å². The quantitative estimate of drug-likeness (QED) is 0.834. The van der Waals surface area contributed by atoms with Crippen molar-refractivity contribution >= 4 is 5.97 Å². The van der Waals surface area contributed by atoms with Gasteiger partial charge in [-0.25, -0.2) is 4.79 Å². The molecule has 1 heterocycles. The summed E-state index contributed by atoms with van der Waals surface area (Å²) in [6.07, 6.45) is 5.22. The highest BCUT2D eigenvalue weighted by Crippen LogP contribution is 2.25. The number of carbonyl (C=O) groups is 1. The summed E-state index contributed by atoms with van der Waals surface area (Å²) in [5.41, 5.74) is 3.13. The standard InChI is InChI=1S/C15H15NO2/c1-3-8-16-9-13(14(10-16)15(17)18)12-6-4-11(2)5-7-12/h3-7,9-10H,1,8H2,2H3,(H,17,18). The van der Waals surface area contributed by atoms with E-state index in [0.717, 1.165) is 16.7 Å². The van der Waals surface area contributed by atoms with Crippen molar-refractivity contribution in [2.75, 3.05) is 0 Å². The van der Waals surface area contributed by atoms with E-state index in [9.17, 15) is 9.90 Å². The Morgan fingerprint density at radius 2 is 2.00 bits per heavy atom. The van der Waals surface area contributed by atoms with E-state index < -0.39 is 5.97 Å². The van der Waals surface area contributed by atoms with Crippen LogP contribution in [-0.4, -0.2) is 15.6 Å². The molecule has 0 saturated carbocycles. The summed E-state index contributed by atoms with van der Waals surface area (Å²) in [6, 6.07) is 7.84. The van der Waals surface area contributed by atoms with Crippen LogP contribution in [0.1, 0.15) is 15.9 Å². The van der Waals surface area contributed by atoms with Gasteiger partial charge in [0.15, 0.2) is 0 Å². The number of aromatic carboxylic acids is 1. The maximum Gasteiger partial charge on any atom is 0.337 e. The summed E-state index contributed by atoms with van der Waals surface area (Å²) in [6.45, 7) is 6.26. The van der Waals surface area contributed by atoms with E-state index in [2.05, 4.69) is 6.58 Å². The number of rotatable bonds is 4. The van der Waals surface area contributed by atoms with Crippen molar-refractivity contribution in [3.8, 4) is 11.1 Å². The molecule has 1 aromatic carbocycles. The first-order valence-electron chi connectivity index (χ1n) is 5.73. The first kappa shape index (κ1) is 12.2. The van der Waals surface area contributed by atoms with E-state index in [1.165, 1.54) is 0 Å². The number of benzene rings is 1. The molecule has 1 N–H and O–H groups in total. The Hall–Kier alpha value is -2.29. The first-order valence-corrected chi connectivity index (χ1v) is 5.73. The molecule has 1 aromatic heterocycles. The van der Waals surface area contributed by atoms with Gasteiger partial charge < -0.3 is 9.67 Å². The second-order valence-corrected chi connectivity index (χ2v) is 4.24. The second-order valence-electron chi connectivity index (χ2n) is 4.24. The number of aromatic nitrogens is 1. The summed E-state index contributed by atoms with van der Waals surface area (Å²) >= 11 is 0. The van der Waals surface area contributed by atoms with Gasteiger partial charge in [-0.05, 0) is 12.5 Å². The molecule has 0 bridgehead atoms. The maximum absolute atomic E-state index is 11.2. The highest BCUT2D eigenvalue weighted by molar-refractivity contribution is 5.96. The summed E-state index contributed by atoms with van der Waals surface area (Å²) < 4.78 is 1.83. The Kier molecular flexibility index (Phi) is 3.33. The van der Waals surface area contributed by atoms with Crippen molar-refractivity contribution in [3.05, 3.63) is 60.4 Å². The average Bonchev–Trinajstić information content (AvgIpc) is 2.75. The van der Waals surface area contributed by atoms with Gasteiger partial charge in [0.1, 0.15) is 0 Å². The summed E-state index contributed by atoms with van der Waals surface area (Å²) in [7, 11) is 0. The Labute approximate surface area is 106 Å². The fourth-order valence-electron chi connectivity index (χ4n) is 1.90. The molecule has 3 heteroatoms. The van der Waals surface area contributed by atoms with Crippen molar-refractivity contribution < 1.29 is 9.90 Å². The number of allylic oxidation sites excluding steroid dienone is 1. The molecule has 0 fully saturated rings. The maximum atomic E-state index is 11.2. The molecule has 0 saturated heterocycles. The lowest BCUT2D eigenvalue weighted by molar-refractivity contribution is 0.0697. The second kappa shape index (κ2) is 4.92. The largest absolute Gasteiger partial charge is 0.478 e. The van der Waals surface area contributed by atoms with Gasteiger partial charge in [-0.15, -0.1) is 6.58 Å². The van der Waals surface area contributed by atoms with E-state index >= 15 is 0 Å². The van der Waals surface area contributed by atoms with Gasteiger partial charge >= 0.3 is 5.97 Å². The monoisotopic (exact) mass is 241 g/mol. The topological polar surface area (TPSA) is 42.2 Å². The molecule has 0 atom stereocenters. The minimum atomic E-state index is -0.909. The number of carboxylic acid groups (broad SMARTS) is 1. The highest BCUT2D eigenvalue weighted by atomic mass is 16.4. The van der Waals surface area contributed by atoms with Gasteiger partial charge in [0.25, 0.3) is 0 Å². The Balaban J connectivity index is 2.51. The third-order valence-corrected chi connectivity index (χ3v) is 2.81. The number of hydrogen-bond donors (Lipinski definition) is 1. The lowest BCUT2D eigenvalue weighted by atomic mass is 10.0.